The van der Waals surface area contributed by atoms with Crippen LogP contribution in [0.1, 0.15) is 27.9 Å². The Kier molecular flexibility index (Phi) is 3.95. The first-order valence-electron chi connectivity index (χ1n) is 6.71. The second-order valence-electron chi connectivity index (χ2n) is 5.20. The number of rotatable bonds is 2. The first-order valence-corrected chi connectivity index (χ1v) is 7.88. The highest BCUT2D eigenvalue weighted by molar-refractivity contribution is 9.10. The van der Waals surface area contributed by atoms with Crippen LogP contribution in [-0.2, 0) is 12.8 Å². The lowest BCUT2D eigenvalue weighted by atomic mass is 9.80. The second-order valence-corrected chi connectivity index (χ2v) is 6.46. The van der Waals surface area contributed by atoms with Crippen molar-refractivity contribution in [3.8, 4) is 0 Å². The Bertz CT molecular complexity index is 666. The van der Waals surface area contributed by atoms with Crippen molar-refractivity contribution < 1.29 is 4.79 Å². The van der Waals surface area contributed by atoms with E-state index in [9.17, 15) is 4.79 Å². The molecule has 0 amide bonds. The van der Waals surface area contributed by atoms with E-state index in [1.165, 1.54) is 11.1 Å². The third kappa shape index (κ3) is 2.68. The van der Waals surface area contributed by atoms with Crippen LogP contribution in [0.2, 0.25) is 5.02 Å². The Hall–Kier alpha value is -1.12. The predicted molar refractivity (Wildman–Crippen MR) is 85.4 cm³/mol. The van der Waals surface area contributed by atoms with Gasteiger partial charge in [-0.25, -0.2) is 0 Å². The van der Waals surface area contributed by atoms with Crippen molar-refractivity contribution >= 4 is 33.3 Å². The molecule has 2 aromatic rings. The summed E-state index contributed by atoms with van der Waals surface area (Å²) in [6.45, 7) is 0. The SMILES string of the molecule is O=C(c1ccc(Cl)c(Br)c1)C1CCc2ccccc2C1. The average Bonchev–Trinajstić information content (AvgIpc) is 2.49. The summed E-state index contributed by atoms with van der Waals surface area (Å²) in [5.41, 5.74) is 3.43. The Balaban J connectivity index is 1.84. The summed E-state index contributed by atoms with van der Waals surface area (Å²) in [6.07, 6.45) is 2.76. The van der Waals surface area contributed by atoms with Gasteiger partial charge in [0.15, 0.2) is 5.78 Å². The minimum Gasteiger partial charge on any atom is -0.294 e. The quantitative estimate of drug-likeness (QED) is 0.690. The minimum atomic E-state index is 0.0815. The van der Waals surface area contributed by atoms with Crippen molar-refractivity contribution in [3.63, 3.8) is 0 Å². The molecule has 0 bridgehead atoms. The van der Waals surface area contributed by atoms with Gasteiger partial charge in [-0.15, -0.1) is 0 Å². The Morgan fingerprint density at radius 2 is 1.90 bits per heavy atom. The topological polar surface area (TPSA) is 17.1 Å². The highest BCUT2D eigenvalue weighted by Gasteiger charge is 2.25. The molecule has 0 fully saturated rings. The summed E-state index contributed by atoms with van der Waals surface area (Å²) in [4.78, 5) is 12.6. The number of benzene rings is 2. The van der Waals surface area contributed by atoms with Crippen molar-refractivity contribution in [2.75, 3.05) is 0 Å². The van der Waals surface area contributed by atoms with Crippen molar-refractivity contribution in [1.82, 2.24) is 0 Å². The van der Waals surface area contributed by atoms with Crippen molar-refractivity contribution in [2.45, 2.75) is 19.3 Å². The number of halogens is 2. The van der Waals surface area contributed by atoms with Crippen LogP contribution in [0.5, 0.6) is 0 Å². The molecule has 0 radical (unpaired) electrons. The van der Waals surface area contributed by atoms with Crippen LogP contribution in [0.25, 0.3) is 0 Å². The molecule has 1 aliphatic carbocycles. The predicted octanol–water partition coefficient (Wildman–Crippen LogP) is 5.09. The van der Waals surface area contributed by atoms with Crippen LogP contribution >= 0.6 is 27.5 Å². The van der Waals surface area contributed by atoms with Gasteiger partial charge in [-0.1, -0.05) is 35.9 Å². The average molecular weight is 350 g/mol. The molecule has 1 atom stereocenters. The van der Waals surface area contributed by atoms with Crippen LogP contribution < -0.4 is 0 Å². The maximum absolute atomic E-state index is 12.6. The molecule has 1 unspecified atom stereocenters. The van der Waals surface area contributed by atoms with Gasteiger partial charge in [0.05, 0.1) is 5.02 Å². The van der Waals surface area contributed by atoms with Crippen LogP contribution in [0, 0.1) is 5.92 Å². The third-order valence-corrected chi connectivity index (χ3v) is 5.14. The molecule has 20 heavy (non-hydrogen) atoms. The fourth-order valence-electron chi connectivity index (χ4n) is 2.81. The first-order chi connectivity index (χ1) is 9.65. The summed E-state index contributed by atoms with van der Waals surface area (Å²) < 4.78 is 0.779. The highest BCUT2D eigenvalue weighted by Crippen LogP contribution is 2.30. The number of carbonyl (C=O) groups is 1. The van der Waals surface area contributed by atoms with Crippen LogP contribution in [-0.4, -0.2) is 5.78 Å². The molecular formula is C17H14BrClO. The maximum atomic E-state index is 12.6. The van der Waals surface area contributed by atoms with Gasteiger partial charge < -0.3 is 0 Å². The van der Waals surface area contributed by atoms with Crippen molar-refractivity contribution in [1.29, 1.82) is 0 Å². The number of ketones is 1. The molecular weight excluding hydrogens is 336 g/mol. The fraction of sp³-hybridized carbons (Fsp3) is 0.235. The molecule has 0 saturated carbocycles. The summed E-state index contributed by atoms with van der Waals surface area (Å²) in [5, 5.41) is 0.635. The third-order valence-electron chi connectivity index (χ3n) is 3.92. The van der Waals surface area contributed by atoms with Gasteiger partial charge in [0, 0.05) is 16.0 Å². The van der Waals surface area contributed by atoms with E-state index in [2.05, 4.69) is 34.1 Å². The molecule has 3 heteroatoms. The maximum Gasteiger partial charge on any atom is 0.166 e. The monoisotopic (exact) mass is 348 g/mol. The molecule has 1 aliphatic rings. The number of hydrogen-bond acceptors (Lipinski definition) is 1. The molecule has 0 aliphatic heterocycles. The Morgan fingerprint density at radius 3 is 2.65 bits per heavy atom. The number of hydrogen-bond donors (Lipinski definition) is 0. The number of aryl methyl sites for hydroxylation is 1. The van der Waals surface area contributed by atoms with Gasteiger partial charge in [-0.3, -0.25) is 4.79 Å². The smallest absolute Gasteiger partial charge is 0.166 e. The summed E-state index contributed by atoms with van der Waals surface area (Å²) in [5.74, 6) is 0.301. The van der Waals surface area contributed by atoms with Crippen molar-refractivity contribution in [2.24, 2.45) is 5.92 Å². The summed E-state index contributed by atoms with van der Waals surface area (Å²) >= 11 is 9.36. The van der Waals surface area contributed by atoms with E-state index in [-0.39, 0.29) is 11.7 Å². The van der Waals surface area contributed by atoms with Gasteiger partial charge in [0.25, 0.3) is 0 Å². The van der Waals surface area contributed by atoms with E-state index in [4.69, 9.17) is 11.6 Å². The molecule has 0 aromatic heterocycles. The largest absolute Gasteiger partial charge is 0.294 e. The van der Waals surface area contributed by atoms with Gasteiger partial charge in [-0.2, -0.15) is 0 Å². The summed E-state index contributed by atoms with van der Waals surface area (Å²) in [6, 6.07) is 13.8. The van der Waals surface area contributed by atoms with Crippen LogP contribution in [0.3, 0.4) is 0 Å². The zero-order chi connectivity index (χ0) is 14.1. The lowest BCUT2D eigenvalue weighted by Gasteiger charge is -2.23. The fourth-order valence-corrected chi connectivity index (χ4v) is 3.30. The first kappa shape index (κ1) is 13.8. The standard InChI is InChI=1S/C17H14BrClO/c18-15-10-14(7-8-16(15)19)17(20)13-6-5-11-3-1-2-4-12(11)9-13/h1-4,7-8,10,13H,5-6,9H2. The molecule has 2 aromatic carbocycles. The number of fused-ring (bicyclic) bond motifs is 1. The highest BCUT2D eigenvalue weighted by atomic mass is 79.9. The molecule has 102 valence electrons. The molecule has 1 nitrogen and oxygen atoms in total. The molecule has 0 heterocycles. The molecule has 0 saturated heterocycles. The lowest BCUT2D eigenvalue weighted by molar-refractivity contribution is 0.0908. The Morgan fingerprint density at radius 1 is 1.15 bits per heavy atom. The molecule has 3 rings (SSSR count). The zero-order valence-electron chi connectivity index (χ0n) is 10.9. The second kappa shape index (κ2) is 5.71. The van der Waals surface area contributed by atoms with Gasteiger partial charge in [0.2, 0.25) is 0 Å². The van der Waals surface area contributed by atoms with Gasteiger partial charge in [0.1, 0.15) is 0 Å². The Labute approximate surface area is 132 Å². The molecule has 0 N–H and O–H groups in total. The van der Waals surface area contributed by atoms with E-state index < -0.39 is 0 Å². The normalized spacial score (nSPS) is 17.6. The van der Waals surface area contributed by atoms with Crippen LogP contribution in [0.4, 0.5) is 0 Å². The van der Waals surface area contributed by atoms with Gasteiger partial charge >= 0.3 is 0 Å². The van der Waals surface area contributed by atoms with Gasteiger partial charge in [-0.05, 0) is 64.5 Å². The van der Waals surface area contributed by atoms with E-state index in [0.717, 1.165) is 29.3 Å². The zero-order valence-corrected chi connectivity index (χ0v) is 13.2. The van der Waals surface area contributed by atoms with E-state index in [1.807, 2.05) is 18.2 Å². The van der Waals surface area contributed by atoms with E-state index in [0.29, 0.717) is 5.02 Å². The minimum absolute atomic E-state index is 0.0815. The number of carbonyl (C=O) groups excluding carboxylic acids is 1. The van der Waals surface area contributed by atoms with Crippen molar-refractivity contribution in [3.05, 3.63) is 68.7 Å². The van der Waals surface area contributed by atoms with Crippen LogP contribution in [0.15, 0.2) is 46.9 Å². The lowest BCUT2D eigenvalue weighted by Crippen LogP contribution is -2.22. The van der Waals surface area contributed by atoms with E-state index in [1.54, 1.807) is 6.07 Å². The summed E-state index contributed by atoms with van der Waals surface area (Å²) in [7, 11) is 0. The molecule has 0 spiro atoms. The van der Waals surface area contributed by atoms with E-state index >= 15 is 0 Å². The number of Topliss-reactive ketones (excluding diaryl/α,β-unsaturated/α-hetero) is 1.